The van der Waals surface area contributed by atoms with Crippen molar-refractivity contribution in [2.75, 3.05) is 5.73 Å². The third kappa shape index (κ3) is 2.41. The Bertz CT molecular complexity index is 791. The normalized spacial score (nSPS) is 10.8. The lowest BCUT2D eigenvalue weighted by Gasteiger charge is -2.03. The van der Waals surface area contributed by atoms with Crippen molar-refractivity contribution in [1.82, 2.24) is 9.78 Å². The number of hydrogen-bond acceptors (Lipinski definition) is 2. The van der Waals surface area contributed by atoms with Crippen LogP contribution < -0.4 is 5.73 Å². The maximum atomic E-state index is 6.35. The van der Waals surface area contributed by atoms with Gasteiger partial charge in [0.05, 0.1) is 16.4 Å². The van der Waals surface area contributed by atoms with Gasteiger partial charge in [-0.3, -0.25) is 0 Å². The molecule has 2 aromatic carbocycles. The summed E-state index contributed by atoms with van der Waals surface area (Å²) in [5.74, 6) is 0.632. The molecule has 106 valence electrons. The molecule has 0 aliphatic heterocycles. The van der Waals surface area contributed by atoms with Crippen molar-refractivity contribution in [3.05, 3.63) is 64.7 Å². The molecule has 0 spiro atoms. The molecule has 2 N–H and O–H groups in total. The van der Waals surface area contributed by atoms with E-state index in [0.29, 0.717) is 10.8 Å². The number of anilines is 1. The highest BCUT2D eigenvalue weighted by Gasteiger charge is 2.16. The topological polar surface area (TPSA) is 43.8 Å². The second-order valence-electron chi connectivity index (χ2n) is 5.09. The Morgan fingerprint density at radius 2 is 1.76 bits per heavy atom. The Balaban J connectivity index is 2.17. The maximum absolute atomic E-state index is 6.35. The molecule has 1 aromatic heterocycles. The largest absolute Gasteiger partial charge is 0.383 e. The van der Waals surface area contributed by atoms with Crippen LogP contribution >= 0.6 is 11.6 Å². The standard InChI is InChI=1S/C17H16ClN3/c1-11-8-9-14(15(18)10-11)16-12(2)17(19)21(20-16)13-6-4-3-5-7-13/h3-10H,19H2,1-2H3. The quantitative estimate of drug-likeness (QED) is 0.762. The van der Waals surface area contributed by atoms with Crippen molar-refractivity contribution in [1.29, 1.82) is 0 Å². The Morgan fingerprint density at radius 3 is 2.43 bits per heavy atom. The predicted molar refractivity (Wildman–Crippen MR) is 87.9 cm³/mol. The molecule has 0 fully saturated rings. The summed E-state index contributed by atoms with van der Waals surface area (Å²) in [4.78, 5) is 0. The van der Waals surface area contributed by atoms with E-state index < -0.39 is 0 Å². The fourth-order valence-electron chi connectivity index (χ4n) is 2.34. The highest BCUT2D eigenvalue weighted by molar-refractivity contribution is 6.33. The number of rotatable bonds is 2. The van der Waals surface area contributed by atoms with Gasteiger partial charge in [0, 0.05) is 11.1 Å². The van der Waals surface area contributed by atoms with Gasteiger partial charge >= 0.3 is 0 Å². The van der Waals surface area contributed by atoms with Gasteiger partial charge in [0.1, 0.15) is 5.82 Å². The average molecular weight is 298 g/mol. The lowest BCUT2D eigenvalue weighted by atomic mass is 10.1. The van der Waals surface area contributed by atoms with Crippen LogP contribution in [0.15, 0.2) is 48.5 Å². The monoisotopic (exact) mass is 297 g/mol. The van der Waals surface area contributed by atoms with E-state index in [1.165, 1.54) is 0 Å². The molecule has 0 saturated carbocycles. The first-order valence-electron chi connectivity index (χ1n) is 6.75. The zero-order valence-corrected chi connectivity index (χ0v) is 12.7. The summed E-state index contributed by atoms with van der Waals surface area (Å²) < 4.78 is 1.75. The number of nitrogens with zero attached hydrogens (tertiary/aromatic N) is 2. The molecule has 1 heterocycles. The second-order valence-corrected chi connectivity index (χ2v) is 5.50. The van der Waals surface area contributed by atoms with Gasteiger partial charge in [-0.15, -0.1) is 0 Å². The Labute approximate surface area is 129 Å². The van der Waals surface area contributed by atoms with Gasteiger partial charge in [-0.25, -0.2) is 4.68 Å². The van der Waals surface area contributed by atoms with E-state index in [9.17, 15) is 0 Å². The van der Waals surface area contributed by atoms with Crippen molar-refractivity contribution < 1.29 is 0 Å². The number of halogens is 1. The molecule has 3 aromatic rings. The third-order valence-corrected chi connectivity index (χ3v) is 3.86. The molecule has 4 heteroatoms. The lowest BCUT2D eigenvalue weighted by Crippen LogP contribution is -2.01. The molecule has 0 bridgehead atoms. The van der Waals surface area contributed by atoms with Crippen LogP contribution in [0.3, 0.4) is 0 Å². The zero-order chi connectivity index (χ0) is 15.0. The third-order valence-electron chi connectivity index (χ3n) is 3.55. The number of aryl methyl sites for hydroxylation is 1. The van der Waals surface area contributed by atoms with Crippen molar-refractivity contribution in [2.45, 2.75) is 13.8 Å². The summed E-state index contributed by atoms with van der Waals surface area (Å²) in [7, 11) is 0. The number of nitrogens with two attached hydrogens (primary N) is 1. The minimum atomic E-state index is 0.632. The first-order valence-corrected chi connectivity index (χ1v) is 7.13. The Hall–Kier alpha value is -2.26. The van der Waals surface area contributed by atoms with E-state index in [4.69, 9.17) is 17.3 Å². The summed E-state index contributed by atoms with van der Waals surface area (Å²) in [6.45, 7) is 3.98. The van der Waals surface area contributed by atoms with Crippen molar-refractivity contribution in [3.8, 4) is 16.9 Å². The number of nitrogen functional groups attached to an aromatic ring is 1. The molecular weight excluding hydrogens is 282 g/mol. The van der Waals surface area contributed by atoms with Gasteiger partial charge in [-0.05, 0) is 37.6 Å². The van der Waals surface area contributed by atoms with Crippen LogP contribution in [0.1, 0.15) is 11.1 Å². The molecule has 0 saturated heterocycles. The van der Waals surface area contributed by atoms with Gasteiger partial charge in [0.15, 0.2) is 0 Å². The maximum Gasteiger partial charge on any atom is 0.130 e. The Morgan fingerprint density at radius 1 is 1.05 bits per heavy atom. The molecule has 3 nitrogen and oxygen atoms in total. The second kappa shape index (κ2) is 5.26. The molecule has 0 amide bonds. The lowest BCUT2D eigenvalue weighted by molar-refractivity contribution is 0.895. The number of hydrogen-bond donors (Lipinski definition) is 1. The SMILES string of the molecule is Cc1ccc(-c2nn(-c3ccccc3)c(N)c2C)c(Cl)c1. The molecule has 0 radical (unpaired) electrons. The molecular formula is C17H16ClN3. The fourth-order valence-corrected chi connectivity index (χ4v) is 2.67. The summed E-state index contributed by atoms with van der Waals surface area (Å²) in [6.07, 6.45) is 0. The highest BCUT2D eigenvalue weighted by Crippen LogP contribution is 2.33. The van der Waals surface area contributed by atoms with Gasteiger partial charge in [0.2, 0.25) is 0 Å². The average Bonchev–Trinajstić information content (AvgIpc) is 2.77. The van der Waals surface area contributed by atoms with E-state index in [0.717, 1.165) is 28.1 Å². The van der Waals surface area contributed by atoms with Crippen LogP contribution in [0.5, 0.6) is 0 Å². The van der Waals surface area contributed by atoms with E-state index in [-0.39, 0.29) is 0 Å². The minimum Gasteiger partial charge on any atom is -0.383 e. The van der Waals surface area contributed by atoms with E-state index in [2.05, 4.69) is 5.10 Å². The highest BCUT2D eigenvalue weighted by atomic mass is 35.5. The van der Waals surface area contributed by atoms with E-state index in [1.807, 2.05) is 62.4 Å². The molecule has 0 unspecified atom stereocenters. The number of benzene rings is 2. The first kappa shape index (κ1) is 13.7. The van der Waals surface area contributed by atoms with Gasteiger partial charge in [-0.1, -0.05) is 41.9 Å². The Kier molecular flexibility index (Phi) is 3.43. The van der Waals surface area contributed by atoms with Crippen molar-refractivity contribution in [3.63, 3.8) is 0 Å². The zero-order valence-electron chi connectivity index (χ0n) is 12.0. The molecule has 0 atom stereocenters. The van der Waals surface area contributed by atoms with Crippen LogP contribution in [-0.2, 0) is 0 Å². The first-order chi connectivity index (χ1) is 10.1. The van der Waals surface area contributed by atoms with Crippen LogP contribution in [0.4, 0.5) is 5.82 Å². The van der Waals surface area contributed by atoms with Crippen LogP contribution in [0.2, 0.25) is 5.02 Å². The van der Waals surface area contributed by atoms with Gasteiger partial charge in [0.25, 0.3) is 0 Å². The van der Waals surface area contributed by atoms with Gasteiger partial charge in [-0.2, -0.15) is 5.10 Å². The summed E-state index contributed by atoms with van der Waals surface area (Å²) in [5, 5.41) is 5.34. The molecule has 0 aliphatic carbocycles. The smallest absolute Gasteiger partial charge is 0.130 e. The van der Waals surface area contributed by atoms with Crippen molar-refractivity contribution in [2.24, 2.45) is 0 Å². The summed E-state index contributed by atoms with van der Waals surface area (Å²) in [6, 6.07) is 15.8. The van der Waals surface area contributed by atoms with Crippen LogP contribution in [-0.4, -0.2) is 9.78 Å². The molecule has 21 heavy (non-hydrogen) atoms. The number of aromatic nitrogens is 2. The van der Waals surface area contributed by atoms with Gasteiger partial charge < -0.3 is 5.73 Å². The molecule has 3 rings (SSSR count). The van der Waals surface area contributed by atoms with Crippen molar-refractivity contribution >= 4 is 17.4 Å². The van der Waals surface area contributed by atoms with E-state index in [1.54, 1.807) is 4.68 Å². The minimum absolute atomic E-state index is 0.632. The summed E-state index contributed by atoms with van der Waals surface area (Å²) in [5.41, 5.74) is 10.9. The molecule has 0 aliphatic rings. The van der Waals surface area contributed by atoms with E-state index >= 15 is 0 Å². The fraction of sp³-hybridized carbons (Fsp3) is 0.118. The van der Waals surface area contributed by atoms with Crippen LogP contribution in [0, 0.1) is 13.8 Å². The van der Waals surface area contributed by atoms with Crippen LogP contribution in [0.25, 0.3) is 16.9 Å². The summed E-state index contributed by atoms with van der Waals surface area (Å²) >= 11 is 6.35. The number of para-hydroxylation sites is 1. The predicted octanol–water partition coefficient (Wildman–Crippen LogP) is 4.39.